The first-order chi connectivity index (χ1) is 15.6. The molecule has 2 aromatic carbocycles. The molecule has 1 atom stereocenters. The summed E-state index contributed by atoms with van der Waals surface area (Å²) in [4.78, 5) is 27.1. The topological polar surface area (TPSA) is 86.8 Å². The lowest BCUT2D eigenvalue weighted by atomic mass is 10.1. The molecule has 0 fully saturated rings. The molecule has 7 nitrogen and oxygen atoms in total. The zero-order chi connectivity index (χ0) is 25.8. The summed E-state index contributed by atoms with van der Waals surface area (Å²) in [5.41, 5.74) is -0.778. The van der Waals surface area contributed by atoms with Gasteiger partial charge in [-0.25, -0.2) is 21.6 Å². The van der Waals surface area contributed by atoms with E-state index in [0.29, 0.717) is 10.4 Å². The highest BCUT2D eigenvalue weighted by Gasteiger charge is 2.32. The highest BCUT2D eigenvalue weighted by Crippen LogP contribution is 2.22. The van der Waals surface area contributed by atoms with E-state index in [9.17, 15) is 31.2 Å². The third-order valence-corrected chi connectivity index (χ3v) is 5.97. The molecule has 2 aromatic rings. The Morgan fingerprint density at radius 3 is 2.15 bits per heavy atom. The van der Waals surface area contributed by atoms with Gasteiger partial charge in [0.2, 0.25) is 21.8 Å². The van der Waals surface area contributed by atoms with Gasteiger partial charge in [-0.15, -0.1) is 0 Å². The zero-order valence-electron chi connectivity index (χ0n) is 19.6. The summed E-state index contributed by atoms with van der Waals surface area (Å²) < 4.78 is 66.8. The highest BCUT2D eigenvalue weighted by atomic mass is 32.2. The standard InChI is InChI=1S/C23H28F3N3O4S/c1-15(22(31)27-23(2,3)4)28(13-16-8-6-7-9-18(16)24)21(30)14-29(34(5,32)33)17-10-11-19(25)20(26)12-17/h6-12,15H,13-14H2,1-5H3,(H,27,31)/t15-/m0/s1. The Hall–Kier alpha value is -3.08. The average molecular weight is 500 g/mol. The Morgan fingerprint density at radius 1 is 1.00 bits per heavy atom. The van der Waals surface area contributed by atoms with Gasteiger partial charge in [-0.05, 0) is 45.9 Å². The quantitative estimate of drug-likeness (QED) is 0.605. The summed E-state index contributed by atoms with van der Waals surface area (Å²) >= 11 is 0. The molecule has 0 aliphatic carbocycles. The summed E-state index contributed by atoms with van der Waals surface area (Å²) in [5, 5.41) is 2.73. The Kier molecular flexibility index (Phi) is 8.35. The van der Waals surface area contributed by atoms with E-state index in [1.807, 2.05) is 0 Å². The molecular weight excluding hydrogens is 471 g/mol. The lowest BCUT2D eigenvalue weighted by molar-refractivity contribution is -0.140. The van der Waals surface area contributed by atoms with Gasteiger partial charge < -0.3 is 10.2 Å². The number of carbonyl (C=O) groups excluding carboxylic acids is 2. The minimum absolute atomic E-state index is 0.116. The molecule has 186 valence electrons. The van der Waals surface area contributed by atoms with Gasteiger partial charge in [-0.3, -0.25) is 13.9 Å². The van der Waals surface area contributed by atoms with E-state index < -0.39 is 57.4 Å². The third kappa shape index (κ3) is 7.21. The summed E-state index contributed by atoms with van der Waals surface area (Å²) in [6.45, 7) is 5.53. The van der Waals surface area contributed by atoms with E-state index in [1.165, 1.54) is 25.1 Å². The third-order valence-electron chi connectivity index (χ3n) is 4.83. The SMILES string of the molecule is C[C@@H](C(=O)NC(C)(C)C)N(Cc1ccccc1F)C(=O)CN(c1ccc(F)c(F)c1)S(C)(=O)=O. The summed E-state index contributed by atoms with van der Waals surface area (Å²) in [5.74, 6) is -4.45. The van der Waals surface area contributed by atoms with E-state index in [-0.39, 0.29) is 17.8 Å². The predicted octanol–water partition coefficient (Wildman–Crippen LogP) is 3.20. The largest absolute Gasteiger partial charge is 0.350 e. The predicted molar refractivity (Wildman–Crippen MR) is 123 cm³/mol. The van der Waals surface area contributed by atoms with Crippen molar-refractivity contribution in [2.45, 2.75) is 45.8 Å². The molecular formula is C23H28F3N3O4S. The van der Waals surface area contributed by atoms with Crippen molar-refractivity contribution in [1.82, 2.24) is 10.2 Å². The number of amides is 2. The lowest BCUT2D eigenvalue weighted by Gasteiger charge is -2.33. The first-order valence-corrected chi connectivity index (χ1v) is 12.2. The number of sulfonamides is 1. The zero-order valence-corrected chi connectivity index (χ0v) is 20.4. The van der Waals surface area contributed by atoms with Gasteiger partial charge in [0.25, 0.3) is 0 Å². The van der Waals surface area contributed by atoms with Gasteiger partial charge in [0.1, 0.15) is 18.4 Å². The van der Waals surface area contributed by atoms with Gasteiger partial charge in [-0.2, -0.15) is 0 Å². The van der Waals surface area contributed by atoms with Crippen molar-refractivity contribution in [1.29, 1.82) is 0 Å². The van der Waals surface area contributed by atoms with Crippen LogP contribution in [-0.4, -0.2) is 49.5 Å². The molecule has 0 bridgehead atoms. The Balaban J connectivity index is 2.44. The molecule has 0 heterocycles. The van der Waals surface area contributed by atoms with Crippen LogP contribution in [0.4, 0.5) is 18.9 Å². The fraction of sp³-hybridized carbons (Fsp3) is 0.391. The fourth-order valence-corrected chi connectivity index (χ4v) is 3.96. The maximum atomic E-state index is 14.3. The molecule has 0 aromatic heterocycles. The van der Waals surface area contributed by atoms with Crippen molar-refractivity contribution >= 4 is 27.5 Å². The number of nitrogens with one attached hydrogen (secondary N) is 1. The van der Waals surface area contributed by atoms with Gasteiger partial charge in [0.05, 0.1) is 11.9 Å². The second-order valence-corrected chi connectivity index (χ2v) is 10.8. The molecule has 2 amide bonds. The summed E-state index contributed by atoms with van der Waals surface area (Å²) in [6.07, 6.45) is 0.804. The van der Waals surface area contributed by atoms with Crippen LogP contribution in [0.2, 0.25) is 0 Å². The van der Waals surface area contributed by atoms with Gasteiger partial charge in [-0.1, -0.05) is 18.2 Å². The first-order valence-electron chi connectivity index (χ1n) is 10.4. The number of benzene rings is 2. The number of hydrogen-bond donors (Lipinski definition) is 1. The molecule has 0 saturated carbocycles. The molecule has 11 heteroatoms. The number of anilines is 1. The lowest BCUT2D eigenvalue weighted by Crippen LogP contribution is -2.54. The van der Waals surface area contributed by atoms with E-state index in [4.69, 9.17) is 0 Å². The molecule has 0 aliphatic heterocycles. The van der Waals surface area contributed by atoms with Gasteiger partial charge in [0.15, 0.2) is 11.6 Å². The van der Waals surface area contributed by atoms with Crippen LogP contribution in [0.1, 0.15) is 33.3 Å². The number of carbonyl (C=O) groups is 2. The molecule has 34 heavy (non-hydrogen) atoms. The monoisotopic (exact) mass is 499 g/mol. The van der Waals surface area contributed by atoms with Crippen molar-refractivity contribution in [3.8, 4) is 0 Å². The van der Waals surface area contributed by atoms with E-state index in [2.05, 4.69) is 5.32 Å². The normalized spacial score (nSPS) is 12.7. The van der Waals surface area contributed by atoms with Crippen LogP contribution in [0.15, 0.2) is 42.5 Å². The first kappa shape index (κ1) is 27.2. The summed E-state index contributed by atoms with van der Waals surface area (Å²) in [6, 6.07) is 6.97. The van der Waals surface area contributed by atoms with Crippen LogP contribution in [0, 0.1) is 17.5 Å². The number of rotatable bonds is 8. The average Bonchev–Trinajstić information content (AvgIpc) is 2.70. The van der Waals surface area contributed by atoms with E-state index in [0.717, 1.165) is 23.3 Å². The highest BCUT2D eigenvalue weighted by molar-refractivity contribution is 7.92. The van der Waals surface area contributed by atoms with Gasteiger partial charge >= 0.3 is 0 Å². The second kappa shape index (κ2) is 10.5. The number of nitrogens with zero attached hydrogens (tertiary/aromatic N) is 2. The smallest absolute Gasteiger partial charge is 0.244 e. The minimum atomic E-state index is -4.11. The molecule has 0 unspecified atom stereocenters. The Labute approximate surface area is 197 Å². The molecule has 0 saturated heterocycles. The van der Waals surface area contributed by atoms with Crippen LogP contribution < -0.4 is 9.62 Å². The molecule has 1 N–H and O–H groups in total. The van der Waals surface area contributed by atoms with Gasteiger partial charge in [0, 0.05) is 23.7 Å². The van der Waals surface area contributed by atoms with Crippen molar-refractivity contribution in [3.63, 3.8) is 0 Å². The Morgan fingerprint density at radius 2 is 1.62 bits per heavy atom. The molecule has 2 rings (SSSR count). The van der Waals surface area contributed by atoms with Crippen molar-refractivity contribution < 1.29 is 31.2 Å². The summed E-state index contributed by atoms with van der Waals surface area (Å²) in [7, 11) is -4.11. The van der Waals surface area contributed by atoms with Crippen LogP contribution in [0.25, 0.3) is 0 Å². The van der Waals surface area contributed by atoms with Crippen molar-refractivity contribution in [3.05, 3.63) is 65.5 Å². The van der Waals surface area contributed by atoms with E-state index >= 15 is 0 Å². The van der Waals surface area contributed by atoms with Crippen LogP contribution in [-0.2, 0) is 26.2 Å². The molecule has 0 spiro atoms. The minimum Gasteiger partial charge on any atom is -0.350 e. The van der Waals surface area contributed by atoms with Crippen molar-refractivity contribution in [2.75, 3.05) is 17.1 Å². The second-order valence-electron chi connectivity index (χ2n) is 8.90. The number of halogens is 3. The maximum absolute atomic E-state index is 14.3. The van der Waals surface area contributed by atoms with Crippen molar-refractivity contribution in [2.24, 2.45) is 0 Å². The Bertz CT molecular complexity index is 1170. The molecule has 0 radical (unpaired) electrons. The molecule has 0 aliphatic rings. The van der Waals surface area contributed by atoms with E-state index in [1.54, 1.807) is 26.8 Å². The number of hydrogen-bond acceptors (Lipinski definition) is 4. The van der Waals surface area contributed by atoms with Crippen LogP contribution >= 0.6 is 0 Å². The van der Waals surface area contributed by atoms with Crippen LogP contribution in [0.3, 0.4) is 0 Å². The maximum Gasteiger partial charge on any atom is 0.244 e. The fourth-order valence-electron chi connectivity index (χ4n) is 3.12. The van der Waals surface area contributed by atoms with Crippen LogP contribution in [0.5, 0.6) is 0 Å².